The highest BCUT2D eigenvalue weighted by Gasteiger charge is 2.39. The molecule has 6 atom stereocenters. The first-order valence-electron chi connectivity index (χ1n) is 20.6. The van der Waals surface area contributed by atoms with E-state index in [1.807, 2.05) is 0 Å². The lowest BCUT2D eigenvalue weighted by Gasteiger charge is -2.30. The van der Waals surface area contributed by atoms with Crippen LogP contribution in [-0.2, 0) is 52.8 Å². The number of aromatic hydroxyl groups is 2. The molecule has 0 bridgehead atoms. The normalized spacial score (nSPS) is 15.6. The highest BCUT2D eigenvalue weighted by Crippen LogP contribution is 2.21. The number of rotatable bonds is 23. The Labute approximate surface area is 369 Å². The smallest absolute Gasteiger partial charge is 0.246 e. The number of carbonyl (C=O) groups is 7. The summed E-state index contributed by atoms with van der Waals surface area (Å²) in [5.74, 6) is -5.45. The number of nitrogens with two attached hydrogens (primary N) is 4. The van der Waals surface area contributed by atoms with Crippen LogP contribution in [0.4, 0.5) is 0 Å². The zero-order valence-corrected chi connectivity index (χ0v) is 35.2. The number of carbonyl (C=O) groups excluding carboxylic acids is 7. The molecule has 64 heavy (non-hydrogen) atoms. The molecule has 0 radical (unpaired) electrons. The molecule has 16 N–H and O–H groups in total. The minimum Gasteiger partial charge on any atom is -0.508 e. The third kappa shape index (κ3) is 15.6. The minimum absolute atomic E-state index is 0.0357. The average Bonchev–Trinajstić information content (AvgIpc) is 3.77. The van der Waals surface area contributed by atoms with Gasteiger partial charge in [-0.05, 0) is 73.1 Å². The number of aliphatic hydroxyl groups is 1. The molecule has 1 aliphatic rings. The van der Waals surface area contributed by atoms with E-state index in [9.17, 15) is 48.9 Å². The number of nitrogens with one attached hydrogen (secondary N) is 5. The minimum atomic E-state index is -1.38. The summed E-state index contributed by atoms with van der Waals surface area (Å²) in [6, 6.07) is 13.5. The van der Waals surface area contributed by atoms with Crippen LogP contribution in [0.15, 0.2) is 83.9 Å². The molecule has 1 fully saturated rings. The van der Waals surface area contributed by atoms with Crippen LogP contribution in [0.2, 0.25) is 0 Å². The second-order valence-corrected chi connectivity index (χ2v) is 15.3. The molecule has 0 unspecified atom stereocenters. The molecule has 0 saturated carbocycles. The number of aliphatic imine (C=N–C) groups is 1. The lowest BCUT2D eigenvalue weighted by atomic mass is 10.0. The summed E-state index contributed by atoms with van der Waals surface area (Å²) in [5.41, 5.74) is 24.1. The van der Waals surface area contributed by atoms with Crippen molar-refractivity contribution in [1.82, 2.24) is 31.5 Å². The van der Waals surface area contributed by atoms with Gasteiger partial charge in [-0.3, -0.25) is 38.6 Å². The Hall–Kier alpha value is -7.26. The second kappa shape index (κ2) is 24.4. The third-order valence-corrected chi connectivity index (χ3v) is 10.3. The molecule has 0 aromatic heterocycles. The lowest BCUT2D eigenvalue weighted by Crippen LogP contribution is -2.59. The molecule has 1 saturated heterocycles. The van der Waals surface area contributed by atoms with Gasteiger partial charge >= 0.3 is 0 Å². The number of amides is 7. The highest BCUT2D eigenvalue weighted by molar-refractivity contribution is 5.97. The number of guanidine groups is 1. The molecule has 1 aliphatic heterocycles. The van der Waals surface area contributed by atoms with E-state index in [0.717, 1.165) is 0 Å². The SMILES string of the molecule is NC(=O)[C@H](CO)NC(=O)[C@@H]1CCCN1C(=O)[C@H](Cc1ccc(O)cc1)NC(=O)[C@H](Cc1ccccc1)NC(=O)CNC(=O)[C@@H](CCCN=C(N)N)NC(=O)[C@@H](N)Cc1ccc(O)cc1. The Morgan fingerprint density at radius 1 is 0.688 bits per heavy atom. The lowest BCUT2D eigenvalue weighted by molar-refractivity contribution is -0.142. The fraction of sp³-hybridized carbons (Fsp3) is 0.395. The van der Waals surface area contributed by atoms with Crippen molar-refractivity contribution in [2.24, 2.45) is 27.9 Å². The van der Waals surface area contributed by atoms with Gasteiger partial charge < -0.3 is 69.7 Å². The first kappa shape index (κ1) is 49.4. The molecule has 0 aliphatic carbocycles. The van der Waals surface area contributed by atoms with Crippen LogP contribution >= 0.6 is 0 Å². The van der Waals surface area contributed by atoms with E-state index in [1.54, 1.807) is 54.6 Å². The number of nitrogens with zero attached hydrogens (tertiary/aromatic N) is 2. The zero-order chi connectivity index (χ0) is 46.8. The summed E-state index contributed by atoms with van der Waals surface area (Å²) in [7, 11) is 0. The van der Waals surface area contributed by atoms with Crippen LogP contribution in [0, 0.1) is 0 Å². The van der Waals surface area contributed by atoms with Gasteiger partial charge in [0.1, 0.15) is 41.7 Å². The van der Waals surface area contributed by atoms with Crippen molar-refractivity contribution in [2.45, 2.75) is 81.2 Å². The molecule has 4 rings (SSSR count). The molecule has 3 aromatic carbocycles. The van der Waals surface area contributed by atoms with Crippen LogP contribution in [0.3, 0.4) is 0 Å². The predicted molar refractivity (Wildman–Crippen MR) is 233 cm³/mol. The number of benzene rings is 3. The number of hydrogen-bond donors (Lipinski definition) is 12. The predicted octanol–water partition coefficient (Wildman–Crippen LogP) is -2.97. The summed E-state index contributed by atoms with van der Waals surface area (Å²) in [6.07, 6.45) is 0.921. The van der Waals surface area contributed by atoms with Crippen molar-refractivity contribution in [2.75, 3.05) is 26.2 Å². The third-order valence-electron chi connectivity index (χ3n) is 10.3. The second-order valence-electron chi connectivity index (χ2n) is 15.3. The average molecular weight is 888 g/mol. The molecular weight excluding hydrogens is 831 g/mol. The van der Waals surface area contributed by atoms with Crippen molar-refractivity contribution < 1.29 is 48.9 Å². The maximum absolute atomic E-state index is 14.3. The van der Waals surface area contributed by atoms with Gasteiger partial charge in [0.15, 0.2) is 5.96 Å². The van der Waals surface area contributed by atoms with E-state index in [0.29, 0.717) is 23.1 Å². The van der Waals surface area contributed by atoms with Gasteiger partial charge in [0.05, 0.1) is 19.2 Å². The molecule has 7 amide bonds. The summed E-state index contributed by atoms with van der Waals surface area (Å²) >= 11 is 0. The molecular formula is C43H57N11O10. The Morgan fingerprint density at radius 3 is 1.86 bits per heavy atom. The maximum Gasteiger partial charge on any atom is 0.246 e. The van der Waals surface area contributed by atoms with Crippen LogP contribution < -0.4 is 49.5 Å². The van der Waals surface area contributed by atoms with Crippen LogP contribution in [0.5, 0.6) is 11.5 Å². The fourth-order valence-corrected chi connectivity index (χ4v) is 6.94. The Balaban J connectivity index is 1.50. The van der Waals surface area contributed by atoms with Crippen LogP contribution in [0.25, 0.3) is 0 Å². The van der Waals surface area contributed by atoms with Crippen molar-refractivity contribution in [3.05, 3.63) is 95.6 Å². The van der Waals surface area contributed by atoms with E-state index < -0.39 is 90.8 Å². The zero-order valence-electron chi connectivity index (χ0n) is 35.2. The Kier molecular flexibility index (Phi) is 18.8. The van der Waals surface area contributed by atoms with Crippen LogP contribution in [0.1, 0.15) is 42.4 Å². The number of aliphatic hydroxyl groups excluding tert-OH is 1. The molecule has 21 nitrogen and oxygen atoms in total. The Bertz CT molecular complexity index is 2100. The number of phenols is 2. The standard InChI is InChI=1S/C43H57N11O10/c44-30(20-26-10-14-28(56)15-11-26)38(60)51-31(8-4-18-48-43(46)47)39(61)49-23-36(58)50-32(21-25-6-2-1-3-7-25)40(62)52-33(22-27-12-16-29(57)17-13-27)42(64)54-19-5-9-35(54)41(63)53-34(24-55)37(45)59/h1-3,6-7,10-17,30-35,55-57H,4-5,8-9,18-24,44H2,(H2,45,59)(H,49,61)(H,50,58)(H,51,60)(H,52,62)(H,53,63)(H4,46,47,48)/t30-,31+,32-,33-,34-,35-/m0/s1. The van der Waals surface area contributed by atoms with E-state index in [-0.39, 0.29) is 69.1 Å². The first-order valence-corrected chi connectivity index (χ1v) is 20.6. The number of hydrogen-bond acceptors (Lipinski definition) is 12. The van der Waals surface area contributed by atoms with Gasteiger partial charge in [-0.1, -0.05) is 54.6 Å². The van der Waals surface area contributed by atoms with Crippen molar-refractivity contribution >= 4 is 47.3 Å². The quantitative estimate of drug-likeness (QED) is 0.0258. The van der Waals surface area contributed by atoms with Gasteiger partial charge in [-0.2, -0.15) is 0 Å². The van der Waals surface area contributed by atoms with Gasteiger partial charge in [-0.25, -0.2) is 0 Å². The summed E-state index contributed by atoms with van der Waals surface area (Å²) < 4.78 is 0. The van der Waals surface area contributed by atoms with E-state index in [1.165, 1.54) is 29.2 Å². The molecule has 0 spiro atoms. The Morgan fingerprint density at radius 2 is 1.27 bits per heavy atom. The van der Waals surface area contributed by atoms with Crippen molar-refractivity contribution in [3.8, 4) is 11.5 Å². The van der Waals surface area contributed by atoms with E-state index in [4.69, 9.17) is 22.9 Å². The summed E-state index contributed by atoms with van der Waals surface area (Å²) in [4.78, 5) is 98.8. The summed E-state index contributed by atoms with van der Waals surface area (Å²) in [5, 5.41) is 41.9. The molecule has 3 aromatic rings. The van der Waals surface area contributed by atoms with E-state index in [2.05, 4.69) is 31.6 Å². The maximum atomic E-state index is 14.3. The van der Waals surface area contributed by atoms with Gasteiger partial charge in [0, 0.05) is 25.9 Å². The molecule has 1 heterocycles. The van der Waals surface area contributed by atoms with Crippen molar-refractivity contribution in [3.63, 3.8) is 0 Å². The van der Waals surface area contributed by atoms with Gasteiger partial charge in [0.2, 0.25) is 41.4 Å². The largest absolute Gasteiger partial charge is 0.508 e. The molecule has 344 valence electrons. The van der Waals surface area contributed by atoms with E-state index >= 15 is 0 Å². The summed E-state index contributed by atoms with van der Waals surface area (Å²) in [6.45, 7) is -1.12. The first-order chi connectivity index (χ1) is 30.5. The topological polar surface area (TPSA) is 360 Å². The van der Waals surface area contributed by atoms with Crippen molar-refractivity contribution in [1.29, 1.82) is 0 Å². The highest BCUT2D eigenvalue weighted by atomic mass is 16.3. The van der Waals surface area contributed by atoms with Gasteiger partial charge in [0.25, 0.3) is 0 Å². The number of primary amides is 1. The number of likely N-dealkylation sites (tertiary alicyclic amines) is 1. The van der Waals surface area contributed by atoms with Crippen LogP contribution in [-0.4, -0.2) is 130 Å². The fourth-order valence-electron chi connectivity index (χ4n) is 6.94. The monoisotopic (exact) mass is 887 g/mol. The molecule has 21 heteroatoms. The van der Waals surface area contributed by atoms with Gasteiger partial charge in [-0.15, -0.1) is 0 Å². The number of phenolic OH excluding ortho intramolecular Hbond substituents is 2.